The van der Waals surface area contributed by atoms with Gasteiger partial charge in [-0.25, -0.2) is 14.2 Å². The van der Waals surface area contributed by atoms with Crippen LogP contribution >= 0.6 is 0 Å². The SMILES string of the molecule is O=C(O)c1ccnc(Oc2ccc([N+](=O)[O-])c(F)c2)c1F. The maximum Gasteiger partial charge on any atom is 0.338 e. The Hall–Kier alpha value is -3.10. The maximum atomic E-state index is 13.7. The first kappa shape index (κ1) is 14.3. The van der Waals surface area contributed by atoms with E-state index in [1.165, 1.54) is 0 Å². The van der Waals surface area contributed by atoms with Gasteiger partial charge >= 0.3 is 11.7 Å². The molecule has 0 radical (unpaired) electrons. The smallest absolute Gasteiger partial charge is 0.338 e. The fourth-order valence-electron chi connectivity index (χ4n) is 1.47. The Labute approximate surface area is 115 Å². The third-order valence-electron chi connectivity index (χ3n) is 2.42. The van der Waals surface area contributed by atoms with E-state index in [0.717, 1.165) is 24.4 Å². The van der Waals surface area contributed by atoms with E-state index in [0.29, 0.717) is 6.07 Å². The molecule has 0 bridgehead atoms. The van der Waals surface area contributed by atoms with E-state index in [-0.39, 0.29) is 5.75 Å². The molecule has 0 amide bonds. The van der Waals surface area contributed by atoms with Crippen LogP contribution in [0.25, 0.3) is 0 Å². The first-order valence-corrected chi connectivity index (χ1v) is 5.39. The minimum atomic E-state index is -1.52. The second-order valence-corrected chi connectivity index (χ2v) is 3.76. The van der Waals surface area contributed by atoms with Gasteiger partial charge in [0.25, 0.3) is 5.88 Å². The van der Waals surface area contributed by atoms with Gasteiger partial charge in [0.2, 0.25) is 5.82 Å². The highest BCUT2D eigenvalue weighted by atomic mass is 19.1. The second kappa shape index (κ2) is 5.49. The largest absolute Gasteiger partial charge is 0.478 e. The van der Waals surface area contributed by atoms with E-state index in [2.05, 4.69) is 4.98 Å². The van der Waals surface area contributed by atoms with E-state index >= 15 is 0 Å². The normalized spacial score (nSPS) is 10.2. The molecule has 0 atom stereocenters. The third kappa shape index (κ3) is 2.91. The Bertz CT molecular complexity index is 736. The molecular weight excluding hydrogens is 290 g/mol. The number of hydrogen-bond acceptors (Lipinski definition) is 5. The number of carboxylic acids is 1. The Kier molecular flexibility index (Phi) is 3.74. The number of carbonyl (C=O) groups is 1. The first-order valence-electron chi connectivity index (χ1n) is 5.39. The van der Waals surface area contributed by atoms with E-state index in [1.54, 1.807) is 0 Å². The average molecular weight is 296 g/mol. The van der Waals surface area contributed by atoms with Crippen LogP contribution in [0.3, 0.4) is 0 Å². The highest BCUT2D eigenvalue weighted by Crippen LogP contribution is 2.27. The fourth-order valence-corrected chi connectivity index (χ4v) is 1.47. The van der Waals surface area contributed by atoms with E-state index < -0.39 is 39.7 Å². The lowest BCUT2D eigenvalue weighted by Gasteiger charge is -2.07. The molecule has 0 saturated heterocycles. The lowest BCUT2D eigenvalue weighted by atomic mass is 10.2. The van der Waals surface area contributed by atoms with Gasteiger partial charge < -0.3 is 9.84 Å². The number of halogens is 2. The van der Waals surface area contributed by atoms with Crippen LogP contribution in [0.2, 0.25) is 0 Å². The molecule has 0 fully saturated rings. The zero-order valence-electron chi connectivity index (χ0n) is 10.1. The van der Waals surface area contributed by atoms with E-state index in [9.17, 15) is 23.7 Å². The van der Waals surface area contributed by atoms with Crippen LogP contribution in [-0.4, -0.2) is 21.0 Å². The van der Waals surface area contributed by atoms with Crippen LogP contribution in [-0.2, 0) is 0 Å². The van der Waals surface area contributed by atoms with Crippen molar-refractivity contribution in [2.75, 3.05) is 0 Å². The molecule has 21 heavy (non-hydrogen) atoms. The molecule has 2 aromatic rings. The Morgan fingerprint density at radius 3 is 2.62 bits per heavy atom. The summed E-state index contributed by atoms with van der Waals surface area (Å²) in [6, 6.07) is 3.48. The summed E-state index contributed by atoms with van der Waals surface area (Å²) in [6.45, 7) is 0. The molecule has 2 rings (SSSR count). The van der Waals surface area contributed by atoms with Crippen LogP contribution in [0.15, 0.2) is 30.5 Å². The molecule has 0 saturated carbocycles. The summed E-state index contributed by atoms with van der Waals surface area (Å²) in [6.07, 6.45) is 1.00. The van der Waals surface area contributed by atoms with Gasteiger partial charge in [-0.2, -0.15) is 4.39 Å². The number of hydrogen-bond donors (Lipinski definition) is 1. The van der Waals surface area contributed by atoms with Gasteiger partial charge in [0, 0.05) is 18.3 Å². The van der Waals surface area contributed by atoms with Crippen molar-refractivity contribution in [1.29, 1.82) is 0 Å². The van der Waals surface area contributed by atoms with Crippen LogP contribution in [0.1, 0.15) is 10.4 Å². The molecule has 7 nitrogen and oxygen atoms in total. The van der Waals surface area contributed by atoms with Crippen molar-refractivity contribution >= 4 is 11.7 Å². The average Bonchev–Trinajstić information content (AvgIpc) is 2.40. The van der Waals surface area contributed by atoms with Crippen molar-refractivity contribution in [3.8, 4) is 11.6 Å². The summed E-state index contributed by atoms with van der Waals surface area (Å²) in [5.74, 6) is -4.86. The molecule has 1 aromatic heterocycles. The van der Waals surface area contributed by atoms with Gasteiger partial charge in [-0.15, -0.1) is 0 Å². The van der Waals surface area contributed by atoms with Crippen LogP contribution in [0.5, 0.6) is 11.6 Å². The third-order valence-corrected chi connectivity index (χ3v) is 2.42. The molecule has 0 aliphatic carbocycles. The number of pyridine rings is 1. The second-order valence-electron chi connectivity index (χ2n) is 3.76. The zero-order chi connectivity index (χ0) is 15.6. The first-order chi connectivity index (χ1) is 9.90. The summed E-state index contributed by atoms with van der Waals surface area (Å²) in [5, 5.41) is 19.2. The number of rotatable bonds is 4. The van der Waals surface area contributed by atoms with Gasteiger partial charge in [0.1, 0.15) is 11.3 Å². The summed E-state index contributed by atoms with van der Waals surface area (Å²) < 4.78 is 32.0. The Morgan fingerprint density at radius 1 is 1.33 bits per heavy atom. The molecule has 0 aliphatic heterocycles. The van der Waals surface area contributed by atoms with Crippen molar-refractivity contribution in [3.05, 3.63) is 57.8 Å². The van der Waals surface area contributed by atoms with Gasteiger partial charge in [0.05, 0.1) is 4.92 Å². The van der Waals surface area contributed by atoms with Crippen molar-refractivity contribution in [1.82, 2.24) is 4.98 Å². The standard InChI is InChI=1S/C12H6F2N2O5/c13-8-5-6(1-2-9(8)16(19)20)21-11-10(14)7(12(17)18)3-4-15-11/h1-5H,(H,17,18). The minimum absolute atomic E-state index is 0.257. The summed E-state index contributed by atoms with van der Waals surface area (Å²) >= 11 is 0. The molecular formula is C12H6F2N2O5. The van der Waals surface area contributed by atoms with Gasteiger partial charge in [0.15, 0.2) is 5.82 Å². The number of nitrogens with zero attached hydrogens (tertiary/aromatic N) is 2. The minimum Gasteiger partial charge on any atom is -0.478 e. The molecule has 1 N–H and O–H groups in total. The number of aromatic carboxylic acids is 1. The summed E-state index contributed by atoms with van der Waals surface area (Å²) in [5.41, 5.74) is -1.43. The monoisotopic (exact) mass is 296 g/mol. The maximum absolute atomic E-state index is 13.7. The van der Waals surface area contributed by atoms with E-state index in [4.69, 9.17) is 9.84 Å². The quantitative estimate of drug-likeness (QED) is 0.687. The number of carboxylic acid groups (broad SMARTS) is 1. The number of nitro benzene ring substituents is 1. The van der Waals surface area contributed by atoms with Crippen LogP contribution < -0.4 is 4.74 Å². The fraction of sp³-hybridized carbons (Fsp3) is 0. The van der Waals surface area contributed by atoms with Gasteiger partial charge in [-0.05, 0) is 12.1 Å². The van der Waals surface area contributed by atoms with Crippen molar-refractivity contribution in [2.24, 2.45) is 0 Å². The Balaban J connectivity index is 2.35. The summed E-state index contributed by atoms with van der Waals surface area (Å²) in [7, 11) is 0. The zero-order valence-corrected chi connectivity index (χ0v) is 10.1. The van der Waals surface area contributed by atoms with Crippen molar-refractivity contribution in [2.45, 2.75) is 0 Å². The van der Waals surface area contributed by atoms with Crippen molar-refractivity contribution < 1.29 is 28.3 Å². The Morgan fingerprint density at radius 2 is 2.05 bits per heavy atom. The van der Waals surface area contributed by atoms with Crippen LogP contribution in [0.4, 0.5) is 14.5 Å². The van der Waals surface area contributed by atoms with Crippen LogP contribution in [0, 0.1) is 21.7 Å². The predicted octanol–water partition coefficient (Wildman–Crippen LogP) is 2.76. The van der Waals surface area contributed by atoms with E-state index in [1.807, 2.05) is 0 Å². The topological polar surface area (TPSA) is 103 Å². The number of ether oxygens (including phenoxy) is 1. The lowest BCUT2D eigenvalue weighted by Crippen LogP contribution is -2.03. The number of nitro groups is 1. The number of benzene rings is 1. The molecule has 9 heteroatoms. The molecule has 0 unspecified atom stereocenters. The van der Waals surface area contributed by atoms with Gasteiger partial charge in [-0.3, -0.25) is 10.1 Å². The predicted molar refractivity (Wildman–Crippen MR) is 64.3 cm³/mol. The molecule has 0 spiro atoms. The molecule has 108 valence electrons. The molecule has 0 aliphatic rings. The molecule has 1 aromatic carbocycles. The lowest BCUT2D eigenvalue weighted by molar-refractivity contribution is -0.387. The van der Waals surface area contributed by atoms with Crippen molar-refractivity contribution in [3.63, 3.8) is 0 Å². The van der Waals surface area contributed by atoms with Gasteiger partial charge in [-0.1, -0.05) is 0 Å². The highest BCUT2D eigenvalue weighted by molar-refractivity contribution is 5.88. The number of aromatic nitrogens is 1. The highest BCUT2D eigenvalue weighted by Gasteiger charge is 2.19. The molecule has 1 heterocycles. The summed E-state index contributed by atoms with van der Waals surface area (Å²) in [4.78, 5) is 23.8.